The first-order valence-corrected chi connectivity index (χ1v) is 7.40. The molecule has 1 aromatic rings. The van der Waals surface area contributed by atoms with Crippen LogP contribution >= 0.6 is 0 Å². The molecule has 0 aliphatic carbocycles. The summed E-state index contributed by atoms with van der Waals surface area (Å²) in [5, 5.41) is 10.8. The van der Waals surface area contributed by atoms with Crippen molar-refractivity contribution in [1.82, 2.24) is 20.4 Å². The van der Waals surface area contributed by atoms with Crippen molar-refractivity contribution in [3.8, 4) is 0 Å². The Morgan fingerprint density at radius 3 is 2.50 bits per heavy atom. The van der Waals surface area contributed by atoms with E-state index in [-0.39, 0.29) is 11.9 Å². The number of nitrogens with one attached hydrogen (secondary N) is 2. The van der Waals surface area contributed by atoms with Gasteiger partial charge < -0.3 is 10.6 Å². The fourth-order valence-corrected chi connectivity index (χ4v) is 2.01. The van der Waals surface area contributed by atoms with Gasteiger partial charge >= 0.3 is 0 Å². The van der Waals surface area contributed by atoms with Gasteiger partial charge in [0.25, 0.3) is 0 Å². The Hall–Kier alpha value is -1.36. The van der Waals surface area contributed by atoms with Crippen LogP contribution in [-0.2, 0) is 17.9 Å². The lowest BCUT2D eigenvalue weighted by Gasteiger charge is -2.12. The fraction of sp³-hybridized carbons (Fsp3) is 0.733. The summed E-state index contributed by atoms with van der Waals surface area (Å²) >= 11 is 0. The SMILES string of the molecule is CCC(C)NC(=O)Cn1nc(C)c(CNC(C)C)c1C. The van der Waals surface area contributed by atoms with Crippen molar-refractivity contribution >= 4 is 5.91 Å². The van der Waals surface area contributed by atoms with Gasteiger partial charge in [-0.3, -0.25) is 9.48 Å². The first kappa shape index (κ1) is 16.7. The molecule has 0 bridgehead atoms. The number of aromatic nitrogens is 2. The van der Waals surface area contributed by atoms with E-state index in [4.69, 9.17) is 0 Å². The molecular weight excluding hydrogens is 252 g/mol. The zero-order valence-electron chi connectivity index (χ0n) is 13.6. The highest BCUT2D eigenvalue weighted by atomic mass is 16.2. The summed E-state index contributed by atoms with van der Waals surface area (Å²) < 4.78 is 1.80. The topological polar surface area (TPSA) is 59.0 Å². The van der Waals surface area contributed by atoms with Crippen molar-refractivity contribution in [2.45, 2.75) is 73.1 Å². The molecule has 1 heterocycles. The lowest BCUT2D eigenvalue weighted by molar-refractivity contribution is -0.122. The molecule has 0 radical (unpaired) electrons. The number of carbonyl (C=O) groups is 1. The molecule has 0 aliphatic rings. The Balaban J connectivity index is 2.72. The first-order valence-electron chi connectivity index (χ1n) is 7.40. The number of nitrogens with zero attached hydrogens (tertiary/aromatic N) is 2. The summed E-state index contributed by atoms with van der Waals surface area (Å²) in [7, 11) is 0. The largest absolute Gasteiger partial charge is 0.352 e. The van der Waals surface area contributed by atoms with Crippen LogP contribution in [-0.4, -0.2) is 27.8 Å². The molecule has 1 rings (SSSR count). The lowest BCUT2D eigenvalue weighted by Crippen LogP contribution is -2.35. The summed E-state index contributed by atoms with van der Waals surface area (Å²) in [4.78, 5) is 11.9. The molecule has 0 saturated carbocycles. The minimum absolute atomic E-state index is 0.0216. The number of amides is 1. The van der Waals surface area contributed by atoms with Crippen molar-refractivity contribution in [2.75, 3.05) is 0 Å². The highest BCUT2D eigenvalue weighted by Gasteiger charge is 2.14. The molecule has 2 N–H and O–H groups in total. The molecule has 1 unspecified atom stereocenters. The average molecular weight is 280 g/mol. The highest BCUT2D eigenvalue weighted by molar-refractivity contribution is 5.76. The van der Waals surface area contributed by atoms with Gasteiger partial charge in [-0.15, -0.1) is 0 Å². The van der Waals surface area contributed by atoms with Gasteiger partial charge in [-0.2, -0.15) is 5.10 Å². The monoisotopic (exact) mass is 280 g/mol. The quantitative estimate of drug-likeness (QED) is 0.802. The van der Waals surface area contributed by atoms with Crippen molar-refractivity contribution in [3.63, 3.8) is 0 Å². The van der Waals surface area contributed by atoms with Crippen molar-refractivity contribution in [1.29, 1.82) is 0 Å². The normalized spacial score (nSPS) is 12.8. The van der Waals surface area contributed by atoms with E-state index in [1.807, 2.05) is 20.8 Å². The second-order valence-corrected chi connectivity index (χ2v) is 5.72. The van der Waals surface area contributed by atoms with Crippen LogP contribution in [0.25, 0.3) is 0 Å². The van der Waals surface area contributed by atoms with E-state index in [2.05, 4.69) is 36.5 Å². The van der Waals surface area contributed by atoms with Gasteiger partial charge in [0.2, 0.25) is 5.91 Å². The minimum Gasteiger partial charge on any atom is -0.352 e. The Morgan fingerprint density at radius 1 is 1.30 bits per heavy atom. The van der Waals surface area contributed by atoms with E-state index in [0.717, 1.165) is 24.4 Å². The van der Waals surface area contributed by atoms with Crippen LogP contribution in [0.15, 0.2) is 0 Å². The van der Waals surface area contributed by atoms with Crippen LogP contribution < -0.4 is 10.6 Å². The van der Waals surface area contributed by atoms with Crippen LogP contribution in [0.3, 0.4) is 0 Å². The average Bonchev–Trinajstić information content (AvgIpc) is 2.61. The zero-order chi connectivity index (χ0) is 15.3. The second-order valence-electron chi connectivity index (χ2n) is 5.72. The maximum atomic E-state index is 11.9. The molecule has 1 aromatic heterocycles. The Kier molecular flexibility index (Phi) is 6.20. The lowest BCUT2D eigenvalue weighted by atomic mass is 10.2. The summed E-state index contributed by atoms with van der Waals surface area (Å²) in [6, 6.07) is 0.646. The summed E-state index contributed by atoms with van der Waals surface area (Å²) in [5.74, 6) is 0.0216. The van der Waals surface area contributed by atoms with E-state index in [1.165, 1.54) is 5.56 Å². The molecular formula is C15H28N4O. The smallest absolute Gasteiger partial charge is 0.241 e. The Morgan fingerprint density at radius 2 is 1.95 bits per heavy atom. The van der Waals surface area contributed by atoms with Crippen molar-refractivity contribution < 1.29 is 4.79 Å². The van der Waals surface area contributed by atoms with Gasteiger partial charge in [-0.05, 0) is 27.2 Å². The third-order valence-electron chi connectivity index (χ3n) is 3.53. The van der Waals surface area contributed by atoms with Crippen molar-refractivity contribution in [3.05, 3.63) is 17.0 Å². The highest BCUT2D eigenvalue weighted by Crippen LogP contribution is 2.13. The first-order chi connectivity index (χ1) is 9.35. The molecule has 0 aliphatic heterocycles. The molecule has 1 amide bonds. The van der Waals surface area contributed by atoms with Gasteiger partial charge in [0, 0.05) is 29.9 Å². The third-order valence-corrected chi connectivity index (χ3v) is 3.53. The molecule has 0 spiro atoms. The van der Waals surface area contributed by atoms with E-state index >= 15 is 0 Å². The number of aryl methyl sites for hydroxylation is 1. The zero-order valence-corrected chi connectivity index (χ0v) is 13.6. The van der Waals surface area contributed by atoms with Gasteiger partial charge in [-0.1, -0.05) is 20.8 Å². The predicted octanol–water partition coefficient (Wildman–Crippen LogP) is 1.91. The van der Waals surface area contributed by atoms with Crippen LogP contribution in [0.5, 0.6) is 0 Å². The standard InChI is InChI=1S/C15H28N4O/c1-7-11(4)17-15(20)9-19-13(6)14(12(5)18-19)8-16-10(2)3/h10-11,16H,7-9H2,1-6H3,(H,17,20). The van der Waals surface area contributed by atoms with Crippen molar-refractivity contribution in [2.24, 2.45) is 0 Å². The molecule has 5 heteroatoms. The fourth-order valence-electron chi connectivity index (χ4n) is 2.01. The van der Waals surface area contributed by atoms with Gasteiger partial charge in [0.15, 0.2) is 0 Å². The molecule has 20 heavy (non-hydrogen) atoms. The van der Waals surface area contributed by atoms with Crippen LogP contribution in [0.4, 0.5) is 0 Å². The van der Waals surface area contributed by atoms with Gasteiger partial charge in [0.05, 0.1) is 5.69 Å². The maximum absolute atomic E-state index is 11.9. The third kappa shape index (κ3) is 4.63. The number of hydrogen-bond acceptors (Lipinski definition) is 3. The van der Waals surface area contributed by atoms with Gasteiger partial charge in [-0.25, -0.2) is 0 Å². The van der Waals surface area contributed by atoms with E-state index in [1.54, 1.807) is 4.68 Å². The number of carbonyl (C=O) groups excluding carboxylic acids is 1. The summed E-state index contributed by atoms with van der Waals surface area (Å²) in [5.41, 5.74) is 3.25. The molecule has 1 atom stereocenters. The number of hydrogen-bond donors (Lipinski definition) is 2. The summed E-state index contributed by atoms with van der Waals surface area (Å²) in [6.45, 7) is 13.4. The second kappa shape index (κ2) is 7.43. The molecule has 0 aromatic carbocycles. The molecule has 114 valence electrons. The van der Waals surface area contributed by atoms with E-state index in [0.29, 0.717) is 12.6 Å². The predicted molar refractivity (Wildman–Crippen MR) is 81.6 cm³/mol. The minimum atomic E-state index is 0.0216. The maximum Gasteiger partial charge on any atom is 0.241 e. The van der Waals surface area contributed by atoms with E-state index in [9.17, 15) is 4.79 Å². The number of rotatable bonds is 7. The molecule has 0 saturated heterocycles. The summed E-state index contributed by atoms with van der Waals surface area (Å²) in [6.07, 6.45) is 0.937. The molecule has 5 nitrogen and oxygen atoms in total. The van der Waals surface area contributed by atoms with Crippen LogP contribution in [0.2, 0.25) is 0 Å². The van der Waals surface area contributed by atoms with Crippen LogP contribution in [0.1, 0.15) is 51.1 Å². The van der Waals surface area contributed by atoms with E-state index < -0.39 is 0 Å². The Bertz CT molecular complexity index is 451. The molecule has 0 fully saturated rings. The van der Waals surface area contributed by atoms with Gasteiger partial charge in [0.1, 0.15) is 6.54 Å². The van der Waals surface area contributed by atoms with Crippen LogP contribution in [0, 0.1) is 13.8 Å². The Labute approximate surface area is 122 Å².